The van der Waals surface area contributed by atoms with Crippen LogP contribution >= 0.6 is 23.2 Å². The van der Waals surface area contributed by atoms with E-state index in [4.69, 9.17) is 27.9 Å². The first-order valence-electron chi connectivity index (χ1n) is 7.59. The van der Waals surface area contributed by atoms with E-state index in [2.05, 4.69) is 15.3 Å². The van der Waals surface area contributed by atoms with Crippen molar-refractivity contribution in [1.29, 1.82) is 0 Å². The number of halogens is 2. The molecule has 1 atom stereocenters. The van der Waals surface area contributed by atoms with Gasteiger partial charge in [-0.3, -0.25) is 0 Å². The fourth-order valence-corrected chi connectivity index (χ4v) is 2.26. The summed E-state index contributed by atoms with van der Waals surface area (Å²) in [4.78, 5) is 20.2. The lowest BCUT2D eigenvalue weighted by molar-refractivity contribution is 0.129. The highest BCUT2D eigenvalue weighted by atomic mass is 35.5. The number of amides is 1. The minimum absolute atomic E-state index is 0.270. The molecule has 1 amide bonds. The molecular weight excluding hydrogens is 349 g/mol. The maximum absolute atomic E-state index is 12.0. The van der Waals surface area contributed by atoms with Crippen LogP contribution in [0, 0.1) is 5.92 Å². The smallest absolute Gasteiger partial charge is 0.407 e. The van der Waals surface area contributed by atoms with E-state index in [9.17, 15) is 4.79 Å². The predicted molar refractivity (Wildman–Crippen MR) is 94.3 cm³/mol. The van der Waals surface area contributed by atoms with Gasteiger partial charge in [-0.1, -0.05) is 49.2 Å². The van der Waals surface area contributed by atoms with Crippen molar-refractivity contribution in [3.8, 4) is 0 Å². The van der Waals surface area contributed by atoms with Crippen molar-refractivity contribution in [3.05, 3.63) is 58.1 Å². The van der Waals surface area contributed by atoms with Gasteiger partial charge in [0.1, 0.15) is 10.3 Å². The van der Waals surface area contributed by atoms with Gasteiger partial charge in [-0.25, -0.2) is 14.8 Å². The van der Waals surface area contributed by atoms with Gasteiger partial charge in [-0.15, -0.1) is 0 Å². The van der Waals surface area contributed by atoms with E-state index in [0.29, 0.717) is 23.3 Å². The first-order valence-corrected chi connectivity index (χ1v) is 8.35. The Morgan fingerprint density at radius 2 is 1.79 bits per heavy atom. The third-order valence-electron chi connectivity index (χ3n) is 3.22. The van der Waals surface area contributed by atoms with Crippen LogP contribution in [-0.4, -0.2) is 22.7 Å². The third kappa shape index (κ3) is 5.98. The Labute approximate surface area is 151 Å². The zero-order chi connectivity index (χ0) is 17.5. The van der Waals surface area contributed by atoms with E-state index in [1.165, 1.54) is 0 Å². The number of aromatic nitrogens is 2. The zero-order valence-electron chi connectivity index (χ0n) is 13.5. The molecule has 0 saturated carbocycles. The number of rotatable bonds is 6. The molecule has 1 unspecified atom stereocenters. The Morgan fingerprint density at radius 3 is 2.33 bits per heavy atom. The van der Waals surface area contributed by atoms with Crippen LogP contribution in [0.4, 0.5) is 4.79 Å². The number of alkyl carbamates (subject to hydrolysis) is 1. The second-order valence-corrected chi connectivity index (χ2v) is 6.57. The molecule has 2 heterocycles. The molecule has 0 saturated heterocycles. The number of ether oxygens (including phenoxy) is 1. The highest BCUT2D eigenvalue weighted by molar-refractivity contribution is 6.29. The molecule has 0 aliphatic heterocycles. The van der Waals surface area contributed by atoms with Crippen molar-refractivity contribution in [2.24, 2.45) is 5.92 Å². The van der Waals surface area contributed by atoms with Gasteiger partial charge in [0.05, 0.1) is 12.6 Å². The summed E-state index contributed by atoms with van der Waals surface area (Å²) in [5.74, 6) is 0.270. The van der Waals surface area contributed by atoms with Crippen molar-refractivity contribution in [2.45, 2.75) is 26.3 Å². The van der Waals surface area contributed by atoms with Crippen LogP contribution in [0.5, 0.6) is 0 Å². The molecule has 24 heavy (non-hydrogen) atoms. The Bertz CT molecular complexity index is 661. The van der Waals surface area contributed by atoms with Crippen LogP contribution in [0.1, 0.15) is 31.0 Å². The molecular formula is C17H19Cl2N3O2. The number of hydrogen-bond donors (Lipinski definition) is 1. The maximum Gasteiger partial charge on any atom is 0.407 e. The average Bonchev–Trinajstić information content (AvgIpc) is 2.55. The lowest BCUT2D eigenvalue weighted by atomic mass is 10.0. The molecule has 0 radical (unpaired) electrons. The summed E-state index contributed by atoms with van der Waals surface area (Å²) in [6.07, 6.45) is 3.38. The van der Waals surface area contributed by atoms with Crippen LogP contribution in [0.2, 0.25) is 10.3 Å². The Hall–Kier alpha value is -1.85. The lowest BCUT2D eigenvalue weighted by Gasteiger charge is -2.19. The van der Waals surface area contributed by atoms with E-state index >= 15 is 0 Å². The summed E-state index contributed by atoms with van der Waals surface area (Å²) in [5, 5.41) is 3.69. The van der Waals surface area contributed by atoms with Gasteiger partial charge in [0, 0.05) is 12.4 Å². The molecule has 2 rings (SSSR count). The highest BCUT2D eigenvalue weighted by Crippen LogP contribution is 2.20. The Balaban J connectivity index is 2.12. The molecule has 1 N–H and O–H groups in total. The van der Waals surface area contributed by atoms with Crippen LogP contribution in [-0.2, 0) is 11.2 Å². The fourth-order valence-electron chi connectivity index (χ4n) is 2.03. The summed E-state index contributed by atoms with van der Waals surface area (Å²) in [6, 6.07) is 6.78. The number of nitrogens with zero attached hydrogens (tertiary/aromatic N) is 2. The van der Waals surface area contributed by atoms with Crippen molar-refractivity contribution < 1.29 is 9.53 Å². The molecule has 7 heteroatoms. The maximum atomic E-state index is 12.0. The van der Waals surface area contributed by atoms with Crippen LogP contribution in [0.15, 0.2) is 36.7 Å². The first-order chi connectivity index (χ1) is 11.4. The van der Waals surface area contributed by atoms with Crippen molar-refractivity contribution >= 4 is 29.3 Å². The average molecular weight is 368 g/mol. The second kappa shape index (κ2) is 8.85. The van der Waals surface area contributed by atoms with Gasteiger partial charge in [0.25, 0.3) is 0 Å². The minimum atomic E-state index is -0.467. The summed E-state index contributed by atoms with van der Waals surface area (Å²) in [5.41, 5.74) is 1.76. The van der Waals surface area contributed by atoms with Crippen molar-refractivity contribution in [2.75, 3.05) is 6.61 Å². The SMILES string of the molecule is CC(C)COC(=O)NC(Cc1ccc(Cl)nc1)c1ccc(Cl)nc1. The molecule has 128 valence electrons. The Kier molecular flexibility index (Phi) is 6.82. The molecule has 0 spiro atoms. The quantitative estimate of drug-likeness (QED) is 0.766. The summed E-state index contributed by atoms with van der Waals surface area (Å²) in [7, 11) is 0. The van der Waals surface area contributed by atoms with Crippen molar-refractivity contribution in [3.63, 3.8) is 0 Å². The van der Waals surface area contributed by atoms with Gasteiger partial charge >= 0.3 is 6.09 Å². The summed E-state index contributed by atoms with van der Waals surface area (Å²) >= 11 is 11.6. The number of hydrogen-bond acceptors (Lipinski definition) is 4. The normalized spacial score (nSPS) is 12.0. The summed E-state index contributed by atoms with van der Waals surface area (Å²) < 4.78 is 5.20. The van der Waals surface area contributed by atoms with E-state index in [0.717, 1.165) is 11.1 Å². The molecule has 0 aliphatic rings. The highest BCUT2D eigenvalue weighted by Gasteiger charge is 2.17. The van der Waals surface area contributed by atoms with Crippen molar-refractivity contribution in [1.82, 2.24) is 15.3 Å². The van der Waals surface area contributed by atoms with Gasteiger partial charge in [0.15, 0.2) is 0 Å². The standard InChI is InChI=1S/C17H19Cl2N3O2/c1-11(2)10-24-17(23)22-14(13-4-6-16(19)21-9-13)7-12-3-5-15(18)20-8-12/h3-6,8-9,11,14H,7,10H2,1-2H3,(H,22,23). The van der Waals surface area contributed by atoms with Crippen LogP contribution in [0.3, 0.4) is 0 Å². The fraction of sp³-hybridized carbons (Fsp3) is 0.353. The van der Waals surface area contributed by atoms with Gasteiger partial charge in [0.2, 0.25) is 0 Å². The molecule has 2 aromatic heterocycles. The molecule has 0 aromatic carbocycles. The second-order valence-electron chi connectivity index (χ2n) is 5.80. The van der Waals surface area contributed by atoms with E-state index < -0.39 is 6.09 Å². The van der Waals surface area contributed by atoms with Gasteiger partial charge in [-0.2, -0.15) is 0 Å². The summed E-state index contributed by atoms with van der Waals surface area (Å²) in [6.45, 7) is 4.32. The van der Waals surface area contributed by atoms with Crippen LogP contribution < -0.4 is 5.32 Å². The lowest BCUT2D eigenvalue weighted by Crippen LogP contribution is -2.31. The number of carbonyl (C=O) groups is 1. The minimum Gasteiger partial charge on any atom is -0.449 e. The first kappa shape index (κ1) is 18.5. The molecule has 0 fully saturated rings. The van der Waals surface area contributed by atoms with Crippen LogP contribution in [0.25, 0.3) is 0 Å². The van der Waals surface area contributed by atoms with Gasteiger partial charge < -0.3 is 10.1 Å². The monoisotopic (exact) mass is 367 g/mol. The predicted octanol–water partition coefficient (Wildman–Crippen LogP) is 4.45. The molecule has 2 aromatic rings. The molecule has 5 nitrogen and oxygen atoms in total. The van der Waals surface area contributed by atoms with E-state index in [1.54, 1.807) is 24.5 Å². The molecule has 0 aliphatic carbocycles. The molecule has 0 bridgehead atoms. The topological polar surface area (TPSA) is 64.1 Å². The van der Waals surface area contributed by atoms with E-state index in [-0.39, 0.29) is 12.0 Å². The third-order valence-corrected chi connectivity index (χ3v) is 3.67. The largest absolute Gasteiger partial charge is 0.449 e. The number of carbonyl (C=O) groups excluding carboxylic acids is 1. The Morgan fingerprint density at radius 1 is 1.12 bits per heavy atom. The number of pyridine rings is 2. The zero-order valence-corrected chi connectivity index (χ0v) is 15.0. The van der Waals surface area contributed by atoms with E-state index in [1.807, 2.05) is 26.0 Å². The number of nitrogens with one attached hydrogen (secondary N) is 1. The van der Waals surface area contributed by atoms with Gasteiger partial charge in [-0.05, 0) is 35.6 Å².